The van der Waals surface area contributed by atoms with Crippen molar-refractivity contribution in [3.05, 3.63) is 22.9 Å². The third-order valence-corrected chi connectivity index (χ3v) is 3.23. The highest BCUT2D eigenvalue weighted by atomic mass is 79.9. The first-order valence-electron chi connectivity index (χ1n) is 5.26. The van der Waals surface area contributed by atoms with Crippen LogP contribution in [0.5, 0.6) is 0 Å². The molecule has 0 saturated carbocycles. The van der Waals surface area contributed by atoms with Crippen molar-refractivity contribution in [3.8, 4) is 0 Å². The van der Waals surface area contributed by atoms with E-state index < -0.39 is 6.10 Å². The van der Waals surface area contributed by atoms with E-state index in [-0.39, 0.29) is 5.97 Å². The minimum absolute atomic E-state index is 0.333. The molecular weight excluding hydrogens is 288 g/mol. The van der Waals surface area contributed by atoms with Gasteiger partial charge in [-0.2, -0.15) is 0 Å². The Bertz CT molecular complexity index is 413. The van der Waals surface area contributed by atoms with Gasteiger partial charge in [0.05, 0.1) is 30.4 Å². The average molecular weight is 301 g/mol. The fourth-order valence-electron chi connectivity index (χ4n) is 1.77. The normalized spacial score (nSPS) is 20.1. The maximum absolute atomic E-state index is 11.4. The van der Waals surface area contributed by atoms with Crippen LogP contribution >= 0.6 is 15.9 Å². The number of ether oxygens (including phenoxy) is 2. The Morgan fingerprint density at radius 1 is 1.71 bits per heavy atom. The number of anilines is 1. The zero-order valence-corrected chi connectivity index (χ0v) is 11.0. The van der Waals surface area contributed by atoms with Crippen molar-refractivity contribution in [3.63, 3.8) is 0 Å². The van der Waals surface area contributed by atoms with E-state index in [1.807, 2.05) is 6.07 Å². The summed E-state index contributed by atoms with van der Waals surface area (Å²) in [6.45, 7) is 1.75. The van der Waals surface area contributed by atoms with Crippen molar-refractivity contribution in [2.45, 2.75) is 6.10 Å². The molecular formula is C11H13BrN2O3. The Kier molecular flexibility index (Phi) is 3.96. The van der Waals surface area contributed by atoms with E-state index in [2.05, 4.69) is 30.6 Å². The molecule has 1 unspecified atom stereocenters. The predicted molar refractivity (Wildman–Crippen MR) is 65.9 cm³/mol. The molecule has 0 N–H and O–H groups in total. The smallest absolute Gasteiger partial charge is 0.336 e. The van der Waals surface area contributed by atoms with Gasteiger partial charge in [0.15, 0.2) is 6.10 Å². The third kappa shape index (κ3) is 2.76. The van der Waals surface area contributed by atoms with Gasteiger partial charge < -0.3 is 14.4 Å². The van der Waals surface area contributed by atoms with Crippen LogP contribution in [0.3, 0.4) is 0 Å². The molecule has 6 heteroatoms. The number of hydrogen-bond donors (Lipinski definition) is 0. The number of pyridine rings is 1. The van der Waals surface area contributed by atoms with Crippen LogP contribution in [0.15, 0.2) is 22.9 Å². The molecule has 1 fully saturated rings. The molecule has 1 aliphatic heterocycles. The monoisotopic (exact) mass is 300 g/mol. The number of methoxy groups -OCH3 is 1. The Hall–Kier alpha value is -1.14. The molecule has 2 rings (SSSR count). The highest BCUT2D eigenvalue weighted by molar-refractivity contribution is 9.10. The molecule has 2 heterocycles. The van der Waals surface area contributed by atoms with Gasteiger partial charge in [0.1, 0.15) is 0 Å². The number of hydrogen-bond acceptors (Lipinski definition) is 5. The first kappa shape index (κ1) is 12.3. The van der Waals surface area contributed by atoms with Crippen molar-refractivity contribution in [1.29, 1.82) is 0 Å². The van der Waals surface area contributed by atoms with Gasteiger partial charge in [-0.1, -0.05) is 0 Å². The summed E-state index contributed by atoms with van der Waals surface area (Å²) in [6, 6.07) is 1.91. The van der Waals surface area contributed by atoms with Crippen LogP contribution in [0.4, 0.5) is 5.69 Å². The first-order chi connectivity index (χ1) is 8.22. The third-order valence-electron chi connectivity index (χ3n) is 2.62. The lowest BCUT2D eigenvalue weighted by atomic mass is 10.2. The number of carbonyl (C=O) groups excluding carboxylic acids is 1. The minimum Gasteiger partial charge on any atom is -0.467 e. The second-order valence-corrected chi connectivity index (χ2v) is 4.51. The fourth-order valence-corrected chi connectivity index (χ4v) is 2.27. The molecule has 17 heavy (non-hydrogen) atoms. The van der Waals surface area contributed by atoms with Gasteiger partial charge in [0, 0.05) is 18.9 Å². The molecule has 1 aliphatic rings. The van der Waals surface area contributed by atoms with Crippen LogP contribution in [-0.2, 0) is 14.3 Å². The highest BCUT2D eigenvalue weighted by Crippen LogP contribution is 2.26. The summed E-state index contributed by atoms with van der Waals surface area (Å²) < 4.78 is 11.0. The number of halogens is 1. The van der Waals surface area contributed by atoms with Crippen LogP contribution < -0.4 is 4.90 Å². The first-order valence-corrected chi connectivity index (χ1v) is 6.05. The summed E-state index contributed by atoms with van der Waals surface area (Å²) in [5.74, 6) is -0.333. The van der Waals surface area contributed by atoms with Crippen molar-refractivity contribution in [2.24, 2.45) is 0 Å². The lowest BCUT2D eigenvalue weighted by Crippen LogP contribution is -2.46. The van der Waals surface area contributed by atoms with Crippen LogP contribution in [0, 0.1) is 0 Å². The number of aromatic nitrogens is 1. The Morgan fingerprint density at radius 3 is 3.24 bits per heavy atom. The molecule has 0 aromatic carbocycles. The van der Waals surface area contributed by atoms with Gasteiger partial charge in [-0.25, -0.2) is 4.79 Å². The van der Waals surface area contributed by atoms with Crippen molar-refractivity contribution in [1.82, 2.24) is 4.98 Å². The standard InChI is InChI=1S/C11H13BrN2O3/c1-16-11(15)10-7-14(4-5-17-10)9-2-3-13-6-8(9)12/h2-3,6,10H,4-5,7H2,1H3. The molecule has 0 spiro atoms. The summed E-state index contributed by atoms with van der Waals surface area (Å²) in [4.78, 5) is 17.5. The molecule has 0 amide bonds. The lowest BCUT2D eigenvalue weighted by Gasteiger charge is -2.33. The van der Waals surface area contributed by atoms with Gasteiger partial charge in [-0.05, 0) is 22.0 Å². The predicted octanol–water partition coefficient (Wildman–Crippen LogP) is 1.22. The fraction of sp³-hybridized carbons (Fsp3) is 0.455. The van der Waals surface area contributed by atoms with Crippen LogP contribution in [0.1, 0.15) is 0 Å². The summed E-state index contributed by atoms with van der Waals surface area (Å²) in [7, 11) is 1.37. The molecule has 5 nitrogen and oxygen atoms in total. The van der Waals surface area contributed by atoms with Crippen LogP contribution in [-0.4, -0.2) is 43.9 Å². The Labute approximate surface area is 108 Å². The molecule has 1 aromatic heterocycles. The zero-order chi connectivity index (χ0) is 12.3. The van der Waals surface area contributed by atoms with Crippen molar-refractivity contribution in [2.75, 3.05) is 31.7 Å². The van der Waals surface area contributed by atoms with Crippen molar-refractivity contribution >= 4 is 27.6 Å². The number of morpholine rings is 1. The van der Waals surface area contributed by atoms with E-state index >= 15 is 0 Å². The van der Waals surface area contributed by atoms with Gasteiger partial charge in [-0.15, -0.1) is 0 Å². The SMILES string of the molecule is COC(=O)C1CN(c2ccncc2Br)CCO1. The number of rotatable bonds is 2. The van der Waals surface area contributed by atoms with Crippen molar-refractivity contribution < 1.29 is 14.3 Å². The van der Waals surface area contributed by atoms with E-state index in [4.69, 9.17) is 4.74 Å². The average Bonchev–Trinajstić information content (AvgIpc) is 2.38. The van der Waals surface area contributed by atoms with Gasteiger partial charge >= 0.3 is 5.97 Å². The van der Waals surface area contributed by atoms with E-state index in [1.165, 1.54) is 7.11 Å². The molecule has 0 aliphatic carbocycles. The number of nitrogens with zero attached hydrogens (tertiary/aromatic N) is 2. The molecule has 1 aromatic rings. The molecule has 1 atom stereocenters. The minimum atomic E-state index is -0.520. The topological polar surface area (TPSA) is 51.7 Å². The summed E-state index contributed by atoms with van der Waals surface area (Å²) in [6.07, 6.45) is 2.94. The highest BCUT2D eigenvalue weighted by Gasteiger charge is 2.28. The molecule has 92 valence electrons. The summed E-state index contributed by atoms with van der Waals surface area (Å²) >= 11 is 3.44. The Morgan fingerprint density at radius 2 is 2.53 bits per heavy atom. The molecule has 0 bridgehead atoms. The van der Waals surface area contributed by atoms with E-state index in [0.717, 1.165) is 16.7 Å². The number of carbonyl (C=O) groups is 1. The van der Waals surface area contributed by atoms with Crippen LogP contribution in [0.25, 0.3) is 0 Å². The number of esters is 1. The maximum atomic E-state index is 11.4. The quantitative estimate of drug-likeness (QED) is 0.769. The van der Waals surface area contributed by atoms with Crippen LogP contribution in [0.2, 0.25) is 0 Å². The molecule has 1 saturated heterocycles. The molecule has 0 radical (unpaired) electrons. The summed E-state index contributed by atoms with van der Waals surface area (Å²) in [5, 5.41) is 0. The largest absolute Gasteiger partial charge is 0.467 e. The second-order valence-electron chi connectivity index (χ2n) is 3.66. The van der Waals surface area contributed by atoms with Gasteiger partial charge in [0.25, 0.3) is 0 Å². The van der Waals surface area contributed by atoms with Gasteiger partial charge in [-0.3, -0.25) is 4.98 Å². The second kappa shape index (κ2) is 5.46. The maximum Gasteiger partial charge on any atom is 0.336 e. The van der Waals surface area contributed by atoms with E-state index in [1.54, 1.807) is 12.4 Å². The van der Waals surface area contributed by atoms with E-state index in [0.29, 0.717) is 13.2 Å². The van der Waals surface area contributed by atoms with E-state index in [9.17, 15) is 4.79 Å². The Balaban J connectivity index is 2.12. The lowest BCUT2D eigenvalue weighted by molar-refractivity contribution is -0.154. The summed E-state index contributed by atoms with van der Waals surface area (Å²) in [5.41, 5.74) is 1.01. The zero-order valence-electron chi connectivity index (χ0n) is 9.43. The van der Waals surface area contributed by atoms with Gasteiger partial charge in [0.2, 0.25) is 0 Å².